The average Bonchev–Trinajstić information content (AvgIpc) is 3.71. The molecule has 1 saturated carbocycles. The third-order valence-electron chi connectivity index (χ3n) is 17.3. The van der Waals surface area contributed by atoms with Gasteiger partial charge in [0, 0.05) is 56.5 Å². The summed E-state index contributed by atoms with van der Waals surface area (Å²) >= 11 is 0. The smallest absolute Gasteiger partial charge is 0.252 e. The van der Waals surface area contributed by atoms with Crippen molar-refractivity contribution >= 4 is 74.3 Å². The predicted octanol–water partition coefficient (Wildman–Crippen LogP) is 14.0. The summed E-state index contributed by atoms with van der Waals surface area (Å²) in [6.45, 7) is 22.0. The molecule has 330 valence electrons. The first kappa shape index (κ1) is 41.3. The summed E-state index contributed by atoms with van der Waals surface area (Å²) in [5.74, 6) is 0. The van der Waals surface area contributed by atoms with Gasteiger partial charge in [-0.15, -0.1) is 0 Å². The van der Waals surface area contributed by atoms with E-state index in [1.807, 2.05) is 0 Å². The Morgan fingerprint density at radius 3 is 1.85 bits per heavy atom. The molecule has 0 radical (unpaired) electrons. The Kier molecular flexibility index (Phi) is 8.70. The van der Waals surface area contributed by atoms with E-state index in [4.69, 9.17) is 5.73 Å². The lowest BCUT2D eigenvalue weighted by molar-refractivity contribution is 0.330. The van der Waals surface area contributed by atoms with Gasteiger partial charge in [0.2, 0.25) is 0 Å². The standard InChI is InChI=1S/C61H63BN4/c1-57(2,3)40-25-27-50(44(33-40)39-19-12-10-13-20-39)65-53-38-46-45(58(4,5)31-32-59(46,6)7)37-49(53)62-48-23-16-17-24-52(48)64(42-21-14-11-15-22-42)54-35-43(36-55(65)56(54)62)66-51-28-26-41(63)34-47(51)60(8)29-18-30-61(60,66)9/h10-17,19-28,33-38H,18,29-32,63H2,1-9H3. The van der Waals surface area contributed by atoms with Crippen LogP contribution in [0.1, 0.15) is 117 Å². The van der Waals surface area contributed by atoms with Crippen LogP contribution in [-0.4, -0.2) is 12.3 Å². The van der Waals surface area contributed by atoms with Crippen LogP contribution in [0.5, 0.6) is 0 Å². The first-order valence-electron chi connectivity index (χ1n) is 24.5. The number of rotatable bonds is 4. The molecule has 4 nitrogen and oxygen atoms in total. The van der Waals surface area contributed by atoms with Gasteiger partial charge in [-0.25, -0.2) is 0 Å². The minimum absolute atomic E-state index is 0.0182. The number of nitrogens with zero attached hydrogens (tertiary/aromatic N) is 3. The van der Waals surface area contributed by atoms with E-state index in [1.54, 1.807) is 0 Å². The van der Waals surface area contributed by atoms with E-state index in [0.717, 1.165) is 31.4 Å². The molecule has 7 aromatic carbocycles. The molecule has 0 aromatic heterocycles. The number of benzene rings is 7. The Hall–Kier alpha value is -6.20. The third kappa shape index (κ3) is 5.71. The Labute approximate surface area is 393 Å². The summed E-state index contributed by atoms with van der Waals surface area (Å²) in [5, 5.41) is 0. The maximum absolute atomic E-state index is 6.67. The van der Waals surface area contributed by atoms with Crippen molar-refractivity contribution in [3.05, 3.63) is 168 Å². The van der Waals surface area contributed by atoms with Crippen LogP contribution in [0.2, 0.25) is 0 Å². The lowest BCUT2D eigenvalue weighted by Gasteiger charge is -2.48. The Morgan fingerprint density at radius 1 is 0.500 bits per heavy atom. The largest absolute Gasteiger partial charge is 0.399 e. The molecule has 0 spiro atoms. The molecule has 1 fully saturated rings. The van der Waals surface area contributed by atoms with Crippen molar-refractivity contribution < 1.29 is 0 Å². The topological polar surface area (TPSA) is 35.7 Å². The molecule has 2 atom stereocenters. The quantitative estimate of drug-likeness (QED) is 0.141. The van der Waals surface area contributed by atoms with E-state index in [-0.39, 0.29) is 33.9 Å². The zero-order valence-electron chi connectivity index (χ0n) is 40.4. The molecule has 0 saturated heterocycles. The highest BCUT2D eigenvalue weighted by molar-refractivity contribution is 7.00. The van der Waals surface area contributed by atoms with E-state index in [9.17, 15) is 0 Å². The van der Waals surface area contributed by atoms with Gasteiger partial charge in [0.15, 0.2) is 0 Å². The second-order valence-electron chi connectivity index (χ2n) is 23.0. The lowest BCUT2D eigenvalue weighted by atomic mass is 9.33. The fourth-order valence-electron chi connectivity index (χ4n) is 13.3. The van der Waals surface area contributed by atoms with Crippen molar-refractivity contribution in [1.82, 2.24) is 0 Å². The van der Waals surface area contributed by atoms with Crippen molar-refractivity contribution in [3.63, 3.8) is 0 Å². The fourth-order valence-corrected chi connectivity index (χ4v) is 13.3. The van der Waals surface area contributed by atoms with Crippen molar-refractivity contribution in [1.29, 1.82) is 0 Å². The molecule has 3 aliphatic heterocycles. The van der Waals surface area contributed by atoms with Crippen LogP contribution < -0.4 is 36.8 Å². The SMILES string of the molecule is CC(C)(C)c1ccc(N2c3cc4c(cc3B3c5ccccc5N(c5ccccc5)c5cc(N6c7ccc(N)cc7C7(C)CCCC67C)cc2c53)C(C)(C)CCC4(C)C)c(-c2ccccc2)c1. The molecule has 2 aliphatic carbocycles. The minimum Gasteiger partial charge on any atom is -0.399 e. The van der Waals surface area contributed by atoms with Gasteiger partial charge in [0.1, 0.15) is 0 Å². The van der Waals surface area contributed by atoms with Crippen LogP contribution in [0.3, 0.4) is 0 Å². The predicted molar refractivity (Wildman–Crippen MR) is 282 cm³/mol. The van der Waals surface area contributed by atoms with Crippen LogP contribution in [0.4, 0.5) is 51.2 Å². The van der Waals surface area contributed by atoms with Gasteiger partial charge in [0.25, 0.3) is 6.71 Å². The molecule has 5 heteroatoms. The average molecular weight is 863 g/mol. The van der Waals surface area contributed by atoms with E-state index < -0.39 is 0 Å². The summed E-state index contributed by atoms with van der Waals surface area (Å²) in [5.41, 5.74) is 29.5. The number of nitrogens with two attached hydrogens (primary N) is 1. The summed E-state index contributed by atoms with van der Waals surface area (Å²) in [7, 11) is 0. The van der Waals surface area contributed by atoms with Gasteiger partial charge in [-0.05, 0) is 160 Å². The third-order valence-corrected chi connectivity index (χ3v) is 17.3. The molecule has 3 heterocycles. The number of anilines is 9. The van der Waals surface area contributed by atoms with E-state index >= 15 is 0 Å². The van der Waals surface area contributed by atoms with Gasteiger partial charge < -0.3 is 20.4 Å². The van der Waals surface area contributed by atoms with Crippen molar-refractivity contribution in [2.24, 2.45) is 0 Å². The summed E-state index contributed by atoms with van der Waals surface area (Å²) in [4.78, 5) is 8.01. The molecular weight excluding hydrogens is 800 g/mol. The van der Waals surface area contributed by atoms with E-state index in [2.05, 4.69) is 223 Å². The van der Waals surface area contributed by atoms with E-state index in [0.29, 0.717) is 0 Å². The highest BCUT2D eigenvalue weighted by atomic mass is 15.3. The second kappa shape index (κ2) is 13.9. The molecule has 7 aromatic rings. The van der Waals surface area contributed by atoms with Crippen molar-refractivity contribution in [2.45, 2.75) is 122 Å². The van der Waals surface area contributed by atoms with Gasteiger partial charge in [0.05, 0.1) is 11.2 Å². The van der Waals surface area contributed by atoms with E-state index in [1.165, 1.54) is 102 Å². The van der Waals surface area contributed by atoms with Crippen molar-refractivity contribution in [3.8, 4) is 11.1 Å². The maximum atomic E-state index is 6.67. The number of nitrogen functional groups attached to an aromatic ring is 1. The highest BCUT2D eigenvalue weighted by Crippen LogP contribution is 2.63. The minimum atomic E-state index is -0.150. The molecule has 66 heavy (non-hydrogen) atoms. The normalized spacial score (nSPS) is 21.7. The molecule has 0 bridgehead atoms. The van der Waals surface area contributed by atoms with Gasteiger partial charge >= 0.3 is 0 Å². The van der Waals surface area contributed by atoms with Crippen LogP contribution in [-0.2, 0) is 21.7 Å². The zero-order chi connectivity index (χ0) is 45.7. The summed E-state index contributed by atoms with van der Waals surface area (Å²) in [6.07, 6.45) is 5.74. The number of fused-ring (bicyclic) bond motifs is 8. The number of hydrogen-bond donors (Lipinski definition) is 1. The lowest BCUT2D eigenvalue weighted by Crippen LogP contribution is -2.62. The molecule has 12 rings (SSSR count). The van der Waals surface area contributed by atoms with Gasteiger partial charge in [-0.2, -0.15) is 0 Å². The number of para-hydroxylation sites is 2. The molecule has 5 aliphatic rings. The summed E-state index contributed by atoms with van der Waals surface area (Å²) < 4.78 is 0. The second-order valence-corrected chi connectivity index (χ2v) is 23.0. The first-order chi connectivity index (χ1) is 31.5. The Bertz CT molecular complexity index is 3130. The van der Waals surface area contributed by atoms with Gasteiger partial charge in [-0.1, -0.05) is 141 Å². The van der Waals surface area contributed by atoms with Crippen molar-refractivity contribution in [2.75, 3.05) is 20.4 Å². The molecule has 2 unspecified atom stereocenters. The summed E-state index contributed by atoms with van der Waals surface area (Å²) in [6, 6.07) is 55.9. The van der Waals surface area contributed by atoms with Crippen LogP contribution >= 0.6 is 0 Å². The maximum Gasteiger partial charge on any atom is 0.252 e. The fraction of sp³-hybridized carbons (Fsp3) is 0.311. The first-order valence-corrected chi connectivity index (χ1v) is 24.5. The van der Waals surface area contributed by atoms with Crippen LogP contribution in [0.25, 0.3) is 11.1 Å². The van der Waals surface area contributed by atoms with Gasteiger partial charge in [-0.3, -0.25) is 0 Å². The molecular formula is C61H63BN4. The molecule has 0 amide bonds. The highest BCUT2D eigenvalue weighted by Gasteiger charge is 2.60. The van der Waals surface area contributed by atoms with Crippen LogP contribution in [0, 0.1) is 0 Å². The Morgan fingerprint density at radius 2 is 1.14 bits per heavy atom. The molecule has 2 N–H and O–H groups in total. The Balaban J connectivity index is 1.24. The monoisotopic (exact) mass is 863 g/mol. The van der Waals surface area contributed by atoms with Crippen LogP contribution in [0.15, 0.2) is 146 Å². The number of hydrogen-bond acceptors (Lipinski definition) is 4. The zero-order valence-corrected chi connectivity index (χ0v) is 40.4.